The lowest BCUT2D eigenvalue weighted by Crippen LogP contribution is -1.92. The maximum atomic E-state index is 5.71. The number of fused-ring (bicyclic) bond motifs is 1. The van der Waals surface area contributed by atoms with Crippen LogP contribution in [0.5, 0.6) is 0 Å². The highest BCUT2D eigenvalue weighted by molar-refractivity contribution is 6.16. The molecule has 0 bridgehead atoms. The van der Waals surface area contributed by atoms with Crippen LogP contribution >= 0.6 is 11.6 Å². The van der Waals surface area contributed by atoms with Crippen LogP contribution in [-0.4, -0.2) is 14.4 Å². The molecule has 0 aliphatic heterocycles. The molecule has 2 rings (SSSR count). The molecule has 0 unspecified atom stereocenters. The smallest absolute Gasteiger partial charge is 0.233 e. The summed E-state index contributed by atoms with van der Waals surface area (Å²) in [5.74, 6) is 1.17. The van der Waals surface area contributed by atoms with Gasteiger partial charge in [0.05, 0.1) is 17.8 Å². The second-order valence-corrected chi connectivity index (χ2v) is 2.95. The van der Waals surface area contributed by atoms with E-state index in [2.05, 4.69) is 9.97 Å². The number of nitrogens with zero attached hydrogens (tertiary/aromatic N) is 3. The van der Waals surface area contributed by atoms with E-state index in [4.69, 9.17) is 11.6 Å². The highest BCUT2D eigenvalue weighted by Gasteiger charge is 2.01. The Morgan fingerprint density at radius 1 is 1.42 bits per heavy atom. The van der Waals surface area contributed by atoms with Gasteiger partial charge in [-0.2, -0.15) is 0 Å². The summed E-state index contributed by atoms with van der Waals surface area (Å²) in [6.07, 6.45) is 5.52. The lowest BCUT2D eigenvalue weighted by Gasteiger charge is -1.97. The zero-order valence-electron chi connectivity index (χ0n) is 6.66. The fourth-order valence-corrected chi connectivity index (χ4v) is 1.31. The molecule has 0 aliphatic rings. The Labute approximate surface area is 75.0 Å². The highest BCUT2D eigenvalue weighted by atomic mass is 35.5. The Hall–Kier alpha value is -1.09. The van der Waals surface area contributed by atoms with Gasteiger partial charge in [-0.1, -0.05) is 0 Å². The molecule has 0 aromatic carbocycles. The van der Waals surface area contributed by atoms with E-state index in [1.807, 2.05) is 17.5 Å². The average molecular weight is 182 g/mol. The molecule has 0 fully saturated rings. The van der Waals surface area contributed by atoms with E-state index in [0.717, 1.165) is 11.3 Å². The predicted molar refractivity (Wildman–Crippen MR) is 47.3 cm³/mol. The van der Waals surface area contributed by atoms with Gasteiger partial charge in [0.15, 0.2) is 0 Å². The summed E-state index contributed by atoms with van der Waals surface area (Å²) < 4.78 is 1.91. The van der Waals surface area contributed by atoms with Crippen LogP contribution in [0.15, 0.2) is 18.6 Å². The van der Waals surface area contributed by atoms with Crippen molar-refractivity contribution in [2.45, 2.75) is 12.8 Å². The summed E-state index contributed by atoms with van der Waals surface area (Å²) in [7, 11) is 0. The van der Waals surface area contributed by atoms with Gasteiger partial charge in [0.2, 0.25) is 5.78 Å². The van der Waals surface area contributed by atoms with E-state index in [0.29, 0.717) is 11.7 Å². The quantitative estimate of drug-likeness (QED) is 0.628. The Bertz CT molecular complexity index is 408. The Morgan fingerprint density at radius 3 is 2.92 bits per heavy atom. The molecule has 62 valence electrons. The Kier molecular flexibility index (Phi) is 1.73. The summed E-state index contributed by atoms with van der Waals surface area (Å²) >= 11 is 5.71. The van der Waals surface area contributed by atoms with Crippen molar-refractivity contribution in [3.63, 3.8) is 0 Å². The van der Waals surface area contributed by atoms with E-state index in [1.165, 1.54) is 0 Å². The van der Waals surface area contributed by atoms with Gasteiger partial charge < -0.3 is 0 Å². The fourth-order valence-electron chi connectivity index (χ4n) is 1.12. The van der Waals surface area contributed by atoms with E-state index < -0.39 is 0 Å². The van der Waals surface area contributed by atoms with Crippen LogP contribution in [0.1, 0.15) is 11.3 Å². The zero-order chi connectivity index (χ0) is 8.55. The highest BCUT2D eigenvalue weighted by Crippen LogP contribution is 2.07. The third-order valence-electron chi connectivity index (χ3n) is 1.71. The SMILES string of the molecule is Cc1cnc2ncc(CCl)n2c1. The number of aromatic nitrogens is 3. The predicted octanol–water partition coefficient (Wildman–Crippen LogP) is 1.78. The van der Waals surface area contributed by atoms with Crippen molar-refractivity contribution in [3.05, 3.63) is 29.8 Å². The van der Waals surface area contributed by atoms with Crippen LogP contribution < -0.4 is 0 Å². The minimum absolute atomic E-state index is 0.465. The van der Waals surface area contributed by atoms with Crippen LogP contribution in [0, 0.1) is 6.92 Å². The number of imidazole rings is 1. The number of hydrogen-bond donors (Lipinski definition) is 0. The molecule has 0 spiro atoms. The standard InChI is InChI=1S/C8H8ClN3/c1-6-3-10-8-11-4-7(2-9)12(8)5-6/h3-5H,2H2,1H3. The first-order chi connectivity index (χ1) is 5.81. The third kappa shape index (κ3) is 1.06. The van der Waals surface area contributed by atoms with E-state index in [9.17, 15) is 0 Å². The summed E-state index contributed by atoms with van der Waals surface area (Å²) in [6.45, 7) is 1.99. The maximum Gasteiger partial charge on any atom is 0.233 e. The largest absolute Gasteiger partial charge is 0.287 e. The first-order valence-corrected chi connectivity index (χ1v) is 4.19. The summed E-state index contributed by atoms with van der Waals surface area (Å²) in [6, 6.07) is 0. The van der Waals surface area contributed by atoms with Gasteiger partial charge in [0, 0.05) is 12.4 Å². The van der Waals surface area contributed by atoms with E-state index in [-0.39, 0.29) is 0 Å². The molecule has 0 saturated heterocycles. The van der Waals surface area contributed by atoms with Gasteiger partial charge in [-0.15, -0.1) is 11.6 Å². The van der Waals surface area contributed by atoms with Gasteiger partial charge in [-0.25, -0.2) is 9.97 Å². The van der Waals surface area contributed by atoms with Gasteiger partial charge in [-0.3, -0.25) is 4.40 Å². The number of hydrogen-bond acceptors (Lipinski definition) is 2. The normalized spacial score (nSPS) is 10.8. The van der Waals surface area contributed by atoms with Gasteiger partial charge in [0.1, 0.15) is 0 Å². The van der Waals surface area contributed by atoms with E-state index >= 15 is 0 Å². The molecule has 0 N–H and O–H groups in total. The van der Waals surface area contributed by atoms with Crippen LogP contribution in [0.2, 0.25) is 0 Å². The molecule has 0 saturated carbocycles. The molecule has 4 heteroatoms. The molecule has 0 amide bonds. The van der Waals surface area contributed by atoms with Crippen LogP contribution in [0.3, 0.4) is 0 Å². The van der Waals surface area contributed by atoms with Crippen molar-refractivity contribution >= 4 is 17.4 Å². The monoisotopic (exact) mass is 181 g/mol. The van der Waals surface area contributed by atoms with Crippen molar-refractivity contribution in [1.29, 1.82) is 0 Å². The second kappa shape index (κ2) is 2.75. The second-order valence-electron chi connectivity index (χ2n) is 2.68. The first-order valence-electron chi connectivity index (χ1n) is 3.66. The molecule has 0 atom stereocenters. The molecular formula is C8H8ClN3. The molecule has 0 aliphatic carbocycles. The Balaban J connectivity index is 2.75. The van der Waals surface area contributed by atoms with Crippen molar-refractivity contribution < 1.29 is 0 Å². The number of rotatable bonds is 1. The molecular weight excluding hydrogens is 174 g/mol. The minimum Gasteiger partial charge on any atom is -0.287 e. The molecule has 0 radical (unpaired) electrons. The van der Waals surface area contributed by atoms with Crippen molar-refractivity contribution in [2.24, 2.45) is 0 Å². The number of halogens is 1. The number of alkyl halides is 1. The van der Waals surface area contributed by atoms with Crippen molar-refractivity contribution in [3.8, 4) is 0 Å². The average Bonchev–Trinajstić information content (AvgIpc) is 2.46. The summed E-state index contributed by atoms with van der Waals surface area (Å²) in [5.41, 5.74) is 2.08. The van der Waals surface area contributed by atoms with Gasteiger partial charge >= 0.3 is 0 Å². The Morgan fingerprint density at radius 2 is 2.17 bits per heavy atom. The molecule has 2 aromatic heterocycles. The number of aryl methyl sites for hydroxylation is 1. The van der Waals surface area contributed by atoms with Crippen LogP contribution in [0.4, 0.5) is 0 Å². The maximum absolute atomic E-state index is 5.71. The summed E-state index contributed by atoms with van der Waals surface area (Å²) in [5, 5.41) is 0. The lowest BCUT2D eigenvalue weighted by molar-refractivity contribution is 1.03. The van der Waals surface area contributed by atoms with Crippen LogP contribution in [0.25, 0.3) is 5.78 Å². The summed E-state index contributed by atoms with van der Waals surface area (Å²) in [4.78, 5) is 8.24. The molecule has 12 heavy (non-hydrogen) atoms. The fraction of sp³-hybridized carbons (Fsp3) is 0.250. The topological polar surface area (TPSA) is 30.2 Å². The molecule has 2 heterocycles. The molecule has 2 aromatic rings. The third-order valence-corrected chi connectivity index (χ3v) is 1.98. The van der Waals surface area contributed by atoms with Crippen molar-refractivity contribution in [1.82, 2.24) is 14.4 Å². The first kappa shape index (κ1) is 7.55. The van der Waals surface area contributed by atoms with Gasteiger partial charge in [0.25, 0.3) is 0 Å². The lowest BCUT2D eigenvalue weighted by atomic mass is 10.4. The molecule has 3 nitrogen and oxygen atoms in total. The minimum atomic E-state index is 0.465. The van der Waals surface area contributed by atoms with Gasteiger partial charge in [-0.05, 0) is 12.5 Å². The van der Waals surface area contributed by atoms with E-state index in [1.54, 1.807) is 12.4 Å². The van der Waals surface area contributed by atoms with Crippen molar-refractivity contribution in [2.75, 3.05) is 0 Å². The van der Waals surface area contributed by atoms with Crippen LogP contribution in [-0.2, 0) is 5.88 Å². The zero-order valence-corrected chi connectivity index (χ0v) is 7.41.